The maximum atomic E-state index is 8.94. The summed E-state index contributed by atoms with van der Waals surface area (Å²) in [7, 11) is 0. The molecule has 0 bridgehead atoms. The van der Waals surface area contributed by atoms with E-state index in [1.165, 1.54) is 122 Å². The van der Waals surface area contributed by atoms with Crippen LogP contribution in [-0.2, 0) is 51.6 Å². The van der Waals surface area contributed by atoms with Crippen molar-refractivity contribution >= 4 is 6.08 Å². The topological polar surface area (TPSA) is 169 Å². The maximum absolute atomic E-state index is 8.94. The predicted molar refractivity (Wildman–Crippen MR) is 381 cm³/mol. The molecule has 0 aliphatic carbocycles. The van der Waals surface area contributed by atoms with Crippen molar-refractivity contribution in [3.8, 4) is 17.2 Å². The molecule has 10 nitrogen and oxygen atoms in total. The highest BCUT2D eigenvalue weighted by Gasteiger charge is 2.07. The van der Waals surface area contributed by atoms with Crippen molar-refractivity contribution < 1.29 is 50.0 Å². The molecule has 0 fully saturated rings. The lowest BCUT2D eigenvalue weighted by Crippen LogP contribution is -2.17. The minimum absolute atomic E-state index is 0.0506. The molecule has 0 aliphatic rings. The molecule has 90 heavy (non-hydrogen) atoms. The molecule has 6 rings (SSSR count). The minimum atomic E-state index is -0.132. The molecule has 0 aliphatic heterocycles. The smallest absolute Gasteiger partial charge is 0.123 e. The Bertz CT molecular complexity index is 2490. The van der Waals surface area contributed by atoms with Gasteiger partial charge >= 0.3 is 0 Å². The molecule has 504 valence electrons. The summed E-state index contributed by atoms with van der Waals surface area (Å²) in [5.74, 6) is 2.57. The lowest BCUT2D eigenvalue weighted by molar-refractivity contribution is 0.128. The van der Waals surface area contributed by atoms with E-state index in [-0.39, 0.29) is 32.5 Å². The van der Waals surface area contributed by atoms with Crippen LogP contribution < -0.4 is 14.2 Å². The average molecular weight is 1250 g/mol. The average Bonchev–Trinajstić information content (AvgIpc) is 3.53. The first kappa shape index (κ1) is 84.2. The van der Waals surface area contributed by atoms with Gasteiger partial charge in [0.1, 0.15) is 36.6 Å². The maximum Gasteiger partial charge on any atom is 0.123 e. The van der Waals surface area contributed by atoms with E-state index in [9.17, 15) is 0 Å². The summed E-state index contributed by atoms with van der Waals surface area (Å²) < 4.78 is 16.3. The highest BCUT2D eigenvalue weighted by atomic mass is 16.5. The third kappa shape index (κ3) is 44.6. The van der Waals surface area contributed by atoms with Gasteiger partial charge in [-0.05, 0) is 177 Å². The number of hydrogen-bond acceptors (Lipinski definition) is 10. The Kier molecular flexibility index (Phi) is 58.0. The number of aliphatic hydroxyl groups excluding tert-OH is 7. The van der Waals surface area contributed by atoms with Crippen molar-refractivity contribution in [3.63, 3.8) is 0 Å². The van der Waals surface area contributed by atoms with Gasteiger partial charge < -0.3 is 50.0 Å². The summed E-state index contributed by atoms with van der Waals surface area (Å²) in [5, 5.41) is 60.9. The number of unbranched alkanes of at least 4 members (excludes halogenated alkanes) is 9. The number of aryl methyl sites for hydroxylation is 7. The number of rotatable bonds is 37. The van der Waals surface area contributed by atoms with Gasteiger partial charge in [-0.2, -0.15) is 0 Å². The molecule has 0 amide bonds. The molecule has 6 aromatic carbocycles. The van der Waals surface area contributed by atoms with Crippen LogP contribution in [0.2, 0.25) is 0 Å². The van der Waals surface area contributed by atoms with Gasteiger partial charge in [0.05, 0.1) is 26.4 Å². The Balaban J connectivity index is 0.00000103. The first-order valence-electron chi connectivity index (χ1n) is 34.4. The molecular weight excluding hydrogens is 1120 g/mol. The zero-order valence-corrected chi connectivity index (χ0v) is 57.3. The molecule has 0 spiro atoms. The molecular formula is C80H124O10. The van der Waals surface area contributed by atoms with E-state index in [1.807, 2.05) is 91.9 Å². The monoisotopic (exact) mass is 1240 g/mol. The van der Waals surface area contributed by atoms with E-state index in [2.05, 4.69) is 121 Å². The van der Waals surface area contributed by atoms with E-state index in [0.717, 1.165) is 99.0 Å². The zero-order valence-electron chi connectivity index (χ0n) is 57.3. The van der Waals surface area contributed by atoms with E-state index in [0.29, 0.717) is 33.0 Å². The van der Waals surface area contributed by atoms with Gasteiger partial charge in [-0.1, -0.05) is 240 Å². The molecule has 0 saturated carbocycles. The highest BCUT2D eigenvalue weighted by Crippen LogP contribution is 2.22. The number of benzene rings is 6. The fourth-order valence-electron chi connectivity index (χ4n) is 9.36. The lowest BCUT2D eigenvalue weighted by Gasteiger charge is -2.15. The van der Waals surface area contributed by atoms with Gasteiger partial charge in [0, 0.05) is 19.8 Å². The third-order valence-electron chi connectivity index (χ3n) is 14.4. The fraction of sp³-hybridized carbons (Fsp3) is 0.525. The van der Waals surface area contributed by atoms with Gasteiger partial charge in [-0.25, -0.2) is 0 Å². The SMILES string of the molecule is CC/C=C/c1cccc(OCCO)c1.CCCCCCCCCO.CCCCc1cccc(OCCO)c1.CCCCc1ccccc1O[C@H](C)CO.CCCc1ccccc1CCCCO.CCCc1ccccc1CCCO.CCc1ccccc1CO. The number of aliphatic hydroxyl groups is 7. The molecule has 1 atom stereocenters. The molecule has 0 unspecified atom stereocenters. The Morgan fingerprint density at radius 3 is 1.30 bits per heavy atom. The van der Waals surface area contributed by atoms with Crippen LogP contribution in [-0.4, -0.2) is 94.7 Å². The first-order valence-corrected chi connectivity index (χ1v) is 34.4. The van der Waals surface area contributed by atoms with Gasteiger partial charge in [0.25, 0.3) is 0 Å². The first-order chi connectivity index (χ1) is 44.1. The summed E-state index contributed by atoms with van der Waals surface area (Å²) >= 11 is 0. The Hall–Kier alpha value is -5.82. The summed E-state index contributed by atoms with van der Waals surface area (Å²) in [6, 6.07) is 49.1. The summed E-state index contributed by atoms with van der Waals surface area (Å²) in [5.41, 5.74) is 11.7. The molecule has 0 radical (unpaired) electrons. The van der Waals surface area contributed by atoms with Crippen LogP contribution >= 0.6 is 0 Å². The van der Waals surface area contributed by atoms with Gasteiger partial charge in [0.2, 0.25) is 0 Å². The second-order valence-electron chi connectivity index (χ2n) is 22.3. The molecule has 7 N–H and O–H groups in total. The summed E-state index contributed by atoms with van der Waals surface area (Å²) in [6.07, 6.45) is 31.6. The van der Waals surface area contributed by atoms with Crippen LogP contribution in [0.25, 0.3) is 6.08 Å². The van der Waals surface area contributed by atoms with Crippen molar-refractivity contribution in [2.75, 3.05) is 52.9 Å². The summed E-state index contributed by atoms with van der Waals surface area (Å²) in [4.78, 5) is 0. The standard InChI is InChI=1S/C13H20O2.C13H20O.C12H18O2.C12H16O2.C12H18O.C9H12O.C9H20O/c1-3-4-7-12-8-5-6-9-13(12)15-11(2)10-14;1-2-7-12-8-3-4-9-13(12)10-5-6-11-14;2*1-2-3-5-11-6-4-7-12(10-11)14-9-8-13;1-2-6-11-7-3-4-8-12(11)9-5-10-13;1-2-8-5-3-4-6-9(8)7-10;1-2-3-4-5-6-7-8-9-10/h5-6,8-9,11,14H,3-4,7,10H2,1-2H3;3-4,8-9,14H,2,5-7,10-11H2,1H3;4,6-7,10,13H,2-3,5,8-9H2,1H3;3-7,10,13H,2,8-9H2,1H3;3-4,7-8,13H,2,5-6,9-10H2,1H3;3-6,10H,2,7H2,1H3;10H,2-9H2,1H3/b;;;5-3+;;;/t11-;;;;;;/m1....../s1. The van der Waals surface area contributed by atoms with E-state index in [1.54, 1.807) is 0 Å². The predicted octanol–water partition coefficient (Wildman–Crippen LogP) is 17.7. The van der Waals surface area contributed by atoms with Gasteiger partial charge in [-0.3, -0.25) is 0 Å². The van der Waals surface area contributed by atoms with Crippen LogP contribution in [0.4, 0.5) is 0 Å². The normalized spacial score (nSPS) is 10.7. The largest absolute Gasteiger partial charge is 0.491 e. The van der Waals surface area contributed by atoms with Crippen LogP contribution in [0.3, 0.4) is 0 Å². The molecule has 0 heterocycles. The summed E-state index contributed by atoms with van der Waals surface area (Å²) in [6.45, 7) is 19.1. The quantitative estimate of drug-likeness (QED) is 0.0186. The Morgan fingerprint density at radius 2 is 0.811 bits per heavy atom. The van der Waals surface area contributed by atoms with Crippen molar-refractivity contribution in [1.29, 1.82) is 0 Å². The van der Waals surface area contributed by atoms with Crippen molar-refractivity contribution in [2.24, 2.45) is 0 Å². The number of hydrogen-bond donors (Lipinski definition) is 7. The van der Waals surface area contributed by atoms with Crippen LogP contribution in [0, 0.1) is 0 Å². The Morgan fingerprint density at radius 1 is 0.367 bits per heavy atom. The second-order valence-corrected chi connectivity index (χ2v) is 22.3. The fourth-order valence-corrected chi connectivity index (χ4v) is 9.36. The molecule has 10 heteroatoms. The van der Waals surface area contributed by atoms with Crippen LogP contribution in [0.15, 0.2) is 152 Å². The van der Waals surface area contributed by atoms with Crippen molar-refractivity contribution in [2.45, 2.75) is 222 Å². The highest BCUT2D eigenvalue weighted by molar-refractivity contribution is 5.51. The van der Waals surface area contributed by atoms with E-state index < -0.39 is 0 Å². The Labute approximate surface area is 547 Å². The van der Waals surface area contributed by atoms with Gasteiger partial charge in [0.15, 0.2) is 0 Å². The van der Waals surface area contributed by atoms with E-state index in [4.69, 9.17) is 50.0 Å². The third-order valence-corrected chi connectivity index (χ3v) is 14.4. The molecule has 0 aromatic heterocycles. The van der Waals surface area contributed by atoms with Crippen LogP contribution in [0.5, 0.6) is 17.2 Å². The second kappa shape index (κ2) is 62.0. The number of para-hydroxylation sites is 1. The van der Waals surface area contributed by atoms with Crippen LogP contribution in [0.1, 0.15) is 215 Å². The number of ether oxygens (including phenoxy) is 3. The van der Waals surface area contributed by atoms with E-state index >= 15 is 0 Å². The lowest BCUT2D eigenvalue weighted by atomic mass is 9.99. The molecule has 0 saturated heterocycles. The molecule has 6 aromatic rings. The van der Waals surface area contributed by atoms with Crippen molar-refractivity contribution in [3.05, 3.63) is 202 Å². The number of allylic oxidation sites excluding steroid dienone is 1. The van der Waals surface area contributed by atoms with Gasteiger partial charge in [-0.15, -0.1) is 0 Å². The zero-order chi connectivity index (χ0) is 66.3. The van der Waals surface area contributed by atoms with Crippen molar-refractivity contribution in [1.82, 2.24) is 0 Å². The minimum Gasteiger partial charge on any atom is -0.491 e.